The molecule has 0 saturated carbocycles. The molecular formula is C27H48O4SiSn. The summed E-state index contributed by atoms with van der Waals surface area (Å²) < 4.78 is 15.2. The number of allylic oxidation sites excluding steroid dienone is 2. The molecule has 0 bridgehead atoms. The van der Waals surface area contributed by atoms with Crippen LogP contribution in [0.4, 0.5) is 0 Å². The quantitative estimate of drug-likeness (QED) is 0.0671. The summed E-state index contributed by atoms with van der Waals surface area (Å²) in [5.74, 6) is 2.47. The van der Waals surface area contributed by atoms with Crippen LogP contribution in [0.3, 0.4) is 0 Å². The Kier molecular flexibility index (Phi) is 16.9. The van der Waals surface area contributed by atoms with E-state index in [1.54, 1.807) is 13.0 Å². The number of esters is 2. The van der Waals surface area contributed by atoms with E-state index in [0.29, 0.717) is 18.8 Å². The Morgan fingerprint density at radius 2 is 1.21 bits per heavy atom. The molecule has 0 N–H and O–H groups in total. The van der Waals surface area contributed by atoms with Crippen LogP contribution in [0.2, 0.25) is 33.0 Å². The van der Waals surface area contributed by atoms with Gasteiger partial charge >= 0.3 is 210 Å². The molecule has 0 heterocycles. The summed E-state index contributed by atoms with van der Waals surface area (Å²) >= 11 is -3.07. The maximum absolute atomic E-state index is 13.3. The van der Waals surface area contributed by atoms with E-state index in [0.717, 1.165) is 55.4 Å². The van der Waals surface area contributed by atoms with Gasteiger partial charge in [-0.15, -0.1) is 0 Å². The van der Waals surface area contributed by atoms with Crippen LogP contribution in [0.5, 0.6) is 0 Å². The predicted molar refractivity (Wildman–Crippen MR) is 145 cm³/mol. The predicted octanol–water partition coefficient (Wildman–Crippen LogP) is 7.23. The zero-order valence-corrected chi connectivity index (χ0v) is 26.4. The van der Waals surface area contributed by atoms with Crippen LogP contribution < -0.4 is 0 Å². The first-order valence-corrected chi connectivity index (χ1v) is 23.9. The van der Waals surface area contributed by atoms with Crippen molar-refractivity contribution in [2.75, 3.05) is 13.2 Å². The van der Waals surface area contributed by atoms with Gasteiger partial charge in [0.1, 0.15) is 0 Å². The molecule has 33 heavy (non-hydrogen) atoms. The molecule has 0 fully saturated rings. The topological polar surface area (TPSA) is 52.6 Å². The minimum absolute atomic E-state index is 0.186. The Bertz CT molecular complexity index is 701. The molecule has 0 unspecified atom stereocenters. The van der Waals surface area contributed by atoms with E-state index in [-0.39, 0.29) is 5.97 Å². The van der Waals surface area contributed by atoms with E-state index in [4.69, 9.17) is 9.47 Å². The van der Waals surface area contributed by atoms with E-state index < -0.39 is 32.4 Å². The van der Waals surface area contributed by atoms with Crippen molar-refractivity contribution in [3.05, 3.63) is 21.3 Å². The van der Waals surface area contributed by atoms with Gasteiger partial charge in [-0.25, -0.2) is 0 Å². The van der Waals surface area contributed by atoms with Crippen molar-refractivity contribution in [3.63, 3.8) is 0 Å². The van der Waals surface area contributed by atoms with Gasteiger partial charge in [0.2, 0.25) is 0 Å². The molecule has 0 rings (SSSR count). The van der Waals surface area contributed by atoms with Crippen LogP contribution in [0, 0.1) is 11.5 Å². The van der Waals surface area contributed by atoms with Crippen molar-refractivity contribution in [2.45, 2.75) is 106 Å². The van der Waals surface area contributed by atoms with Crippen LogP contribution in [-0.2, 0) is 19.1 Å². The molecule has 0 aliphatic heterocycles. The molecule has 0 aromatic carbocycles. The summed E-state index contributed by atoms with van der Waals surface area (Å²) in [4.78, 5) is 25.9. The molecular weight excluding hydrogens is 535 g/mol. The summed E-state index contributed by atoms with van der Waals surface area (Å²) in [6.07, 6.45) is 10.4. The first-order chi connectivity index (χ1) is 15.6. The monoisotopic (exact) mass is 584 g/mol. The van der Waals surface area contributed by atoms with Crippen molar-refractivity contribution in [1.29, 1.82) is 0 Å². The summed E-state index contributed by atoms with van der Waals surface area (Å²) in [6.45, 7) is 17.4. The number of unbranched alkanes of at least 4 members (excludes halogenated alkanes) is 3. The zero-order chi connectivity index (χ0) is 25.3. The van der Waals surface area contributed by atoms with Crippen LogP contribution in [0.1, 0.15) is 73.1 Å². The number of rotatable bonds is 15. The van der Waals surface area contributed by atoms with Crippen molar-refractivity contribution in [1.82, 2.24) is 0 Å². The molecule has 0 aliphatic rings. The van der Waals surface area contributed by atoms with Gasteiger partial charge in [0.25, 0.3) is 0 Å². The second kappa shape index (κ2) is 17.4. The fraction of sp³-hybridized carbons (Fsp3) is 0.704. The van der Waals surface area contributed by atoms with Gasteiger partial charge in [0.15, 0.2) is 0 Å². The molecule has 0 saturated heterocycles. The Balaban J connectivity index is 6.76. The third kappa shape index (κ3) is 12.9. The third-order valence-electron chi connectivity index (χ3n) is 5.58. The molecule has 0 aliphatic carbocycles. The number of hydrogen-bond donors (Lipinski definition) is 0. The molecule has 0 aromatic heterocycles. The van der Waals surface area contributed by atoms with E-state index in [1.165, 1.54) is 0 Å². The third-order valence-corrected chi connectivity index (χ3v) is 22.0. The molecule has 0 radical (unpaired) electrons. The Hall–Kier alpha value is -1.00. The van der Waals surface area contributed by atoms with Crippen molar-refractivity contribution < 1.29 is 19.1 Å². The zero-order valence-electron chi connectivity index (χ0n) is 22.6. The van der Waals surface area contributed by atoms with Gasteiger partial charge in [-0.1, -0.05) is 0 Å². The standard InChI is InChI=1S/C15H21O4Si.3C4H9.Sn/c1-6-18-14(16)10-8-9-13(15(17)19-7-2)11-12-20(3,4)5;3*1-3-4-2;/h8-9H,6-7H2,1-5H3;3*1,3-4H2,2H3;/b10-8?,13-9+;;;;. The van der Waals surface area contributed by atoms with Crippen LogP contribution in [0.25, 0.3) is 0 Å². The van der Waals surface area contributed by atoms with Crippen molar-refractivity contribution in [2.24, 2.45) is 0 Å². The molecule has 0 aromatic rings. The van der Waals surface area contributed by atoms with E-state index in [9.17, 15) is 9.59 Å². The molecule has 188 valence electrons. The van der Waals surface area contributed by atoms with Gasteiger partial charge in [0.05, 0.1) is 0 Å². The second-order valence-electron chi connectivity index (χ2n) is 9.69. The normalized spacial score (nSPS) is 12.7. The first kappa shape index (κ1) is 32.0. The Labute approximate surface area is 208 Å². The Morgan fingerprint density at radius 1 is 0.758 bits per heavy atom. The first-order valence-electron chi connectivity index (χ1n) is 12.9. The van der Waals surface area contributed by atoms with Crippen molar-refractivity contribution in [3.8, 4) is 11.5 Å². The number of carbonyl (C=O) groups is 2. The number of hydrogen-bond acceptors (Lipinski definition) is 4. The number of carbonyl (C=O) groups excluding carboxylic acids is 2. The minimum atomic E-state index is -3.07. The molecule has 0 atom stereocenters. The van der Waals surface area contributed by atoms with E-state index in [1.807, 2.05) is 13.0 Å². The van der Waals surface area contributed by atoms with Crippen molar-refractivity contribution >= 4 is 38.4 Å². The van der Waals surface area contributed by atoms with Crippen LogP contribution in [0.15, 0.2) is 21.3 Å². The summed E-state index contributed by atoms with van der Waals surface area (Å²) in [5.41, 5.74) is 3.61. The Morgan fingerprint density at radius 3 is 1.61 bits per heavy atom. The molecule has 4 nitrogen and oxygen atoms in total. The van der Waals surface area contributed by atoms with Gasteiger partial charge < -0.3 is 0 Å². The number of ether oxygens (including phenoxy) is 2. The molecule has 6 heteroatoms. The van der Waals surface area contributed by atoms with E-state index in [2.05, 4.69) is 51.9 Å². The van der Waals surface area contributed by atoms with Crippen LogP contribution in [-0.4, -0.2) is 51.6 Å². The summed E-state index contributed by atoms with van der Waals surface area (Å²) in [7, 11) is -1.68. The summed E-state index contributed by atoms with van der Waals surface area (Å²) in [6, 6.07) is 0. The second-order valence-corrected chi connectivity index (χ2v) is 27.6. The maximum atomic E-state index is 13.3. The summed E-state index contributed by atoms with van der Waals surface area (Å²) in [5, 5.41) is 0. The van der Waals surface area contributed by atoms with Gasteiger partial charge in [0, 0.05) is 0 Å². The van der Waals surface area contributed by atoms with Gasteiger partial charge in [-0.3, -0.25) is 0 Å². The average Bonchev–Trinajstić information content (AvgIpc) is 2.76. The van der Waals surface area contributed by atoms with Crippen LogP contribution >= 0.6 is 0 Å². The van der Waals surface area contributed by atoms with Gasteiger partial charge in [-0.2, -0.15) is 0 Å². The average molecular weight is 583 g/mol. The fourth-order valence-corrected chi connectivity index (χ4v) is 20.3. The molecule has 0 spiro atoms. The SMILES string of the molecule is CCC[CH2][Sn]([CH2]CCC)([CH2]CCC)/[C](=C\C=C(/C#C[Si](C)(C)C)C(=O)OCC)C(=O)OCC. The van der Waals surface area contributed by atoms with E-state index >= 15 is 0 Å². The molecule has 0 amide bonds. The van der Waals surface area contributed by atoms with Gasteiger partial charge in [-0.05, 0) is 0 Å². The fourth-order valence-electron chi connectivity index (χ4n) is 3.79.